The van der Waals surface area contributed by atoms with Crippen molar-refractivity contribution in [2.24, 2.45) is 5.92 Å². The van der Waals surface area contributed by atoms with Crippen molar-refractivity contribution in [3.05, 3.63) is 16.4 Å². The van der Waals surface area contributed by atoms with Crippen molar-refractivity contribution in [1.29, 1.82) is 0 Å². The molecule has 0 saturated heterocycles. The molecule has 1 heterocycles. The number of hydrogen-bond acceptors (Lipinski definition) is 2. The summed E-state index contributed by atoms with van der Waals surface area (Å²) in [6.07, 6.45) is 6.88. The third-order valence-corrected chi connectivity index (χ3v) is 4.95. The van der Waals surface area contributed by atoms with Gasteiger partial charge in [-0.1, -0.05) is 20.8 Å². The SMILES string of the molecule is CCCNC1CCC(c2c(Br)cnn2CCC)C1C. The fourth-order valence-corrected chi connectivity index (χ4v) is 3.89. The molecule has 0 aliphatic heterocycles. The maximum absolute atomic E-state index is 4.52. The molecule has 0 radical (unpaired) electrons. The number of aryl methyl sites for hydroxylation is 1. The smallest absolute Gasteiger partial charge is 0.0635 e. The third kappa shape index (κ3) is 3.22. The first kappa shape index (κ1) is 15.0. The van der Waals surface area contributed by atoms with Crippen LogP contribution >= 0.6 is 15.9 Å². The summed E-state index contributed by atoms with van der Waals surface area (Å²) in [5.74, 6) is 1.33. The number of rotatable bonds is 6. The van der Waals surface area contributed by atoms with Gasteiger partial charge in [-0.2, -0.15) is 5.10 Å². The fourth-order valence-electron chi connectivity index (χ4n) is 3.30. The van der Waals surface area contributed by atoms with Gasteiger partial charge in [-0.05, 0) is 54.1 Å². The van der Waals surface area contributed by atoms with Gasteiger partial charge in [-0.25, -0.2) is 0 Å². The van der Waals surface area contributed by atoms with Gasteiger partial charge in [0.25, 0.3) is 0 Å². The Bertz CT molecular complexity index is 402. The predicted octanol–water partition coefficient (Wildman–Crippen LogP) is 3.94. The number of aromatic nitrogens is 2. The molecule has 3 nitrogen and oxygen atoms in total. The summed E-state index contributed by atoms with van der Waals surface area (Å²) in [5, 5.41) is 8.22. The molecule has 4 heteroatoms. The molecule has 108 valence electrons. The Hall–Kier alpha value is -0.350. The Balaban J connectivity index is 2.12. The number of nitrogens with zero attached hydrogens (tertiary/aromatic N) is 2. The molecular formula is C15H26BrN3. The molecular weight excluding hydrogens is 302 g/mol. The molecule has 1 aliphatic rings. The van der Waals surface area contributed by atoms with E-state index >= 15 is 0 Å². The Kier molecular flexibility index (Phi) is 5.46. The van der Waals surface area contributed by atoms with E-state index in [9.17, 15) is 0 Å². The van der Waals surface area contributed by atoms with Gasteiger partial charge in [0.2, 0.25) is 0 Å². The molecule has 1 N–H and O–H groups in total. The number of hydrogen-bond donors (Lipinski definition) is 1. The van der Waals surface area contributed by atoms with Gasteiger partial charge in [0.15, 0.2) is 0 Å². The normalized spacial score (nSPS) is 27.1. The molecule has 1 fully saturated rings. The van der Waals surface area contributed by atoms with E-state index in [2.05, 4.69) is 51.8 Å². The van der Waals surface area contributed by atoms with Crippen LogP contribution in [-0.2, 0) is 6.54 Å². The van der Waals surface area contributed by atoms with Crippen LogP contribution in [0.3, 0.4) is 0 Å². The van der Waals surface area contributed by atoms with E-state index in [0.717, 1.165) is 19.5 Å². The first-order chi connectivity index (χ1) is 9.19. The van der Waals surface area contributed by atoms with Gasteiger partial charge < -0.3 is 5.32 Å². The minimum atomic E-state index is 0.637. The summed E-state index contributed by atoms with van der Waals surface area (Å²) in [6, 6.07) is 0.668. The first-order valence-electron chi connectivity index (χ1n) is 7.63. The molecule has 0 amide bonds. The number of nitrogens with one attached hydrogen (secondary N) is 1. The molecule has 2 rings (SSSR count). The van der Waals surface area contributed by atoms with Crippen molar-refractivity contribution in [3.8, 4) is 0 Å². The summed E-state index contributed by atoms with van der Waals surface area (Å²) in [6.45, 7) is 9.00. The lowest BCUT2D eigenvalue weighted by Gasteiger charge is -2.23. The Morgan fingerprint density at radius 1 is 1.37 bits per heavy atom. The second-order valence-corrected chi connectivity index (χ2v) is 6.56. The minimum absolute atomic E-state index is 0.637. The highest BCUT2D eigenvalue weighted by atomic mass is 79.9. The lowest BCUT2D eigenvalue weighted by molar-refractivity contribution is 0.390. The standard InChI is InChI=1S/C15H26BrN3/c1-4-8-17-14-7-6-12(11(14)3)15-13(16)10-18-19(15)9-5-2/h10-12,14,17H,4-9H2,1-3H3. The van der Waals surface area contributed by atoms with Crippen molar-refractivity contribution in [2.75, 3.05) is 6.54 Å². The van der Waals surface area contributed by atoms with Gasteiger partial charge >= 0.3 is 0 Å². The molecule has 3 unspecified atom stereocenters. The van der Waals surface area contributed by atoms with E-state index in [-0.39, 0.29) is 0 Å². The molecule has 1 saturated carbocycles. The topological polar surface area (TPSA) is 29.9 Å². The van der Waals surface area contributed by atoms with Crippen molar-refractivity contribution in [2.45, 2.75) is 65.0 Å². The minimum Gasteiger partial charge on any atom is -0.314 e. The van der Waals surface area contributed by atoms with Crippen molar-refractivity contribution in [3.63, 3.8) is 0 Å². The summed E-state index contributed by atoms with van der Waals surface area (Å²) in [7, 11) is 0. The zero-order valence-electron chi connectivity index (χ0n) is 12.3. The highest BCUT2D eigenvalue weighted by Gasteiger charge is 2.36. The van der Waals surface area contributed by atoms with Crippen LogP contribution in [0.5, 0.6) is 0 Å². The zero-order valence-corrected chi connectivity index (χ0v) is 13.9. The van der Waals surface area contributed by atoms with Crippen LogP contribution in [0.4, 0.5) is 0 Å². The summed E-state index contributed by atoms with van der Waals surface area (Å²) in [4.78, 5) is 0. The third-order valence-electron chi connectivity index (χ3n) is 4.33. The highest BCUT2D eigenvalue weighted by Crippen LogP contribution is 2.42. The van der Waals surface area contributed by atoms with Gasteiger partial charge in [0.1, 0.15) is 0 Å². The predicted molar refractivity (Wildman–Crippen MR) is 83.4 cm³/mol. The summed E-state index contributed by atoms with van der Waals surface area (Å²) < 4.78 is 3.39. The van der Waals surface area contributed by atoms with Crippen LogP contribution in [0.25, 0.3) is 0 Å². The van der Waals surface area contributed by atoms with Crippen LogP contribution < -0.4 is 5.32 Å². The van der Waals surface area contributed by atoms with E-state index in [1.807, 2.05) is 6.20 Å². The maximum Gasteiger partial charge on any atom is 0.0635 e. The van der Waals surface area contributed by atoms with E-state index < -0.39 is 0 Å². The van der Waals surface area contributed by atoms with Crippen molar-refractivity contribution < 1.29 is 0 Å². The molecule has 0 aromatic carbocycles. The van der Waals surface area contributed by atoms with Gasteiger partial charge in [0, 0.05) is 18.5 Å². The van der Waals surface area contributed by atoms with E-state index in [4.69, 9.17) is 0 Å². The average Bonchev–Trinajstić information content (AvgIpc) is 2.92. The molecule has 0 spiro atoms. The van der Waals surface area contributed by atoms with Gasteiger partial charge in [-0.15, -0.1) is 0 Å². The monoisotopic (exact) mass is 327 g/mol. The van der Waals surface area contributed by atoms with Crippen molar-refractivity contribution >= 4 is 15.9 Å². The van der Waals surface area contributed by atoms with Crippen LogP contribution in [-0.4, -0.2) is 22.4 Å². The summed E-state index contributed by atoms with van der Waals surface area (Å²) >= 11 is 3.69. The molecule has 0 bridgehead atoms. The second-order valence-electron chi connectivity index (χ2n) is 5.70. The highest BCUT2D eigenvalue weighted by molar-refractivity contribution is 9.10. The first-order valence-corrected chi connectivity index (χ1v) is 8.42. The van der Waals surface area contributed by atoms with E-state index in [0.29, 0.717) is 17.9 Å². The second kappa shape index (κ2) is 6.89. The summed E-state index contributed by atoms with van der Waals surface area (Å²) in [5.41, 5.74) is 1.41. The van der Waals surface area contributed by atoms with Crippen LogP contribution in [0, 0.1) is 5.92 Å². The van der Waals surface area contributed by atoms with Crippen LogP contribution in [0.15, 0.2) is 10.7 Å². The van der Waals surface area contributed by atoms with Gasteiger partial charge in [-0.3, -0.25) is 4.68 Å². The Morgan fingerprint density at radius 3 is 2.84 bits per heavy atom. The van der Waals surface area contributed by atoms with Crippen LogP contribution in [0.1, 0.15) is 58.1 Å². The molecule has 1 aromatic rings. The lowest BCUT2D eigenvalue weighted by atomic mass is 9.92. The average molecular weight is 328 g/mol. The van der Waals surface area contributed by atoms with Gasteiger partial charge in [0.05, 0.1) is 16.4 Å². The molecule has 3 atom stereocenters. The maximum atomic E-state index is 4.52. The largest absolute Gasteiger partial charge is 0.314 e. The number of halogens is 1. The van der Waals surface area contributed by atoms with Crippen LogP contribution in [0.2, 0.25) is 0 Å². The van der Waals surface area contributed by atoms with E-state index in [1.165, 1.54) is 29.4 Å². The molecule has 19 heavy (non-hydrogen) atoms. The quantitative estimate of drug-likeness (QED) is 0.857. The Morgan fingerprint density at radius 2 is 2.16 bits per heavy atom. The van der Waals surface area contributed by atoms with E-state index in [1.54, 1.807) is 0 Å². The molecule has 1 aliphatic carbocycles. The zero-order chi connectivity index (χ0) is 13.8. The fraction of sp³-hybridized carbons (Fsp3) is 0.800. The Labute approximate surface area is 125 Å². The molecule has 1 aromatic heterocycles. The lowest BCUT2D eigenvalue weighted by Crippen LogP contribution is -2.33. The van der Waals surface area contributed by atoms with Crippen molar-refractivity contribution in [1.82, 2.24) is 15.1 Å².